The summed E-state index contributed by atoms with van der Waals surface area (Å²) < 4.78 is 13.3. The van der Waals surface area contributed by atoms with Crippen LogP contribution in [0, 0.1) is 6.92 Å². The molecule has 1 heterocycles. The number of hydrogen-bond donors (Lipinski definition) is 2. The lowest BCUT2D eigenvalue weighted by molar-refractivity contribution is 0.287. The standard InChI is InChI=1S/C21H33N5O2.HI/c1-5-27-19-9-8-18(14-20(19)28-6-2)10-12-24-21(22-4)23-11-7-13-26-16-17(3)15-25-26;/h8-9,14-16H,5-7,10-13H2,1-4H3,(H2,22,23,24);1H. The fourth-order valence-electron chi connectivity index (χ4n) is 2.83. The van der Waals surface area contributed by atoms with Crippen LogP contribution in [0.5, 0.6) is 11.5 Å². The highest BCUT2D eigenvalue weighted by Gasteiger charge is 2.06. The molecule has 2 aromatic rings. The van der Waals surface area contributed by atoms with Crippen LogP contribution in [0.1, 0.15) is 31.4 Å². The number of ether oxygens (including phenoxy) is 2. The van der Waals surface area contributed by atoms with Crippen molar-refractivity contribution < 1.29 is 9.47 Å². The molecule has 2 N–H and O–H groups in total. The zero-order valence-electron chi connectivity index (χ0n) is 17.9. The summed E-state index contributed by atoms with van der Waals surface area (Å²) in [5, 5.41) is 11.0. The van der Waals surface area contributed by atoms with Gasteiger partial charge in [0.15, 0.2) is 17.5 Å². The molecular weight excluding hydrogens is 481 g/mol. The van der Waals surface area contributed by atoms with Crippen molar-refractivity contribution in [2.24, 2.45) is 4.99 Å². The van der Waals surface area contributed by atoms with Gasteiger partial charge in [-0.25, -0.2) is 0 Å². The predicted molar refractivity (Wildman–Crippen MR) is 129 cm³/mol. The molecule has 0 spiro atoms. The Hall–Kier alpha value is -1.97. The first-order valence-electron chi connectivity index (χ1n) is 9.98. The van der Waals surface area contributed by atoms with Crippen molar-refractivity contribution in [1.29, 1.82) is 0 Å². The summed E-state index contributed by atoms with van der Waals surface area (Å²) >= 11 is 0. The molecule has 0 saturated heterocycles. The average molecular weight is 515 g/mol. The zero-order valence-corrected chi connectivity index (χ0v) is 20.2. The molecule has 0 unspecified atom stereocenters. The molecule has 2 rings (SSSR count). The fraction of sp³-hybridized carbons (Fsp3) is 0.524. The van der Waals surface area contributed by atoms with Gasteiger partial charge in [-0.15, -0.1) is 24.0 Å². The van der Waals surface area contributed by atoms with E-state index < -0.39 is 0 Å². The highest BCUT2D eigenvalue weighted by atomic mass is 127. The number of aliphatic imine (C=N–C) groups is 1. The van der Waals surface area contributed by atoms with E-state index in [1.54, 1.807) is 7.05 Å². The van der Waals surface area contributed by atoms with Gasteiger partial charge in [-0.2, -0.15) is 5.10 Å². The first-order chi connectivity index (χ1) is 13.7. The molecule has 162 valence electrons. The molecule has 0 saturated carbocycles. The van der Waals surface area contributed by atoms with E-state index in [0.717, 1.165) is 49.9 Å². The summed E-state index contributed by atoms with van der Waals surface area (Å²) in [7, 11) is 1.79. The third-order valence-corrected chi connectivity index (χ3v) is 4.16. The van der Waals surface area contributed by atoms with Gasteiger partial charge >= 0.3 is 0 Å². The lowest BCUT2D eigenvalue weighted by Crippen LogP contribution is -2.39. The Balaban J connectivity index is 0.00000420. The average Bonchev–Trinajstić information content (AvgIpc) is 3.11. The third-order valence-electron chi connectivity index (χ3n) is 4.16. The number of guanidine groups is 1. The predicted octanol–water partition coefficient (Wildman–Crippen LogP) is 3.40. The van der Waals surface area contributed by atoms with Crippen molar-refractivity contribution in [3.05, 3.63) is 41.7 Å². The van der Waals surface area contributed by atoms with Crippen LogP contribution < -0.4 is 20.1 Å². The molecule has 0 atom stereocenters. The number of benzene rings is 1. The molecule has 0 aliphatic carbocycles. The Morgan fingerprint density at radius 2 is 1.83 bits per heavy atom. The molecule has 0 aliphatic heterocycles. The van der Waals surface area contributed by atoms with Crippen LogP contribution in [0.25, 0.3) is 0 Å². The smallest absolute Gasteiger partial charge is 0.190 e. The summed E-state index contributed by atoms with van der Waals surface area (Å²) in [4.78, 5) is 4.28. The van der Waals surface area contributed by atoms with Crippen molar-refractivity contribution in [3.8, 4) is 11.5 Å². The number of nitrogens with zero attached hydrogens (tertiary/aromatic N) is 3. The maximum absolute atomic E-state index is 5.69. The van der Waals surface area contributed by atoms with Gasteiger partial charge in [0.1, 0.15) is 0 Å². The molecule has 0 amide bonds. The maximum atomic E-state index is 5.69. The van der Waals surface area contributed by atoms with Crippen molar-refractivity contribution in [1.82, 2.24) is 20.4 Å². The molecular formula is C21H34IN5O2. The maximum Gasteiger partial charge on any atom is 0.190 e. The van der Waals surface area contributed by atoms with Gasteiger partial charge in [-0.1, -0.05) is 6.07 Å². The molecule has 7 nitrogen and oxygen atoms in total. The Morgan fingerprint density at radius 3 is 2.48 bits per heavy atom. The lowest BCUT2D eigenvalue weighted by atomic mass is 10.1. The number of hydrogen-bond acceptors (Lipinski definition) is 4. The zero-order chi connectivity index (χ0) is 20.2. The fourth-order valence-corrected chi connectivity index (χ4v) is 2.83. The minimum Gasteiger partial charge on any atom is -0.490 e. The summed E-state index contributed by atoms with van der Waals surface area (Å²) in [6, 6.07) is 6.11. The summed E-state index contributed by atoms with van der Waals surface area (Å²) in [5.74, 6) is 2.41. The summed E-state index contributed by atoms with van der Waals surface area (Å²) in [5.41, 5.74) is 2.39. The molecule has 0 radical (unpaired) electrons. The number of rotatable bonds is 11. The minimum absolute atomic E-state index is 0. The van der Waals surface area contributed by atoms with Crippen LogP contribution in [-0.4, -0.2) is 49.1 Å². The first-order valence-corrected chi connectivity index (χ1v) is 9.98. The van der Waals surface area contributed by atoms with Gasteiger partial charge in [-0.3, -0.25) is 9.67 Å². The second-order valence-corrected chi connectivity index (χ2v) is 6.46. The molecule has 0 fully saturated rings. The van der Waals surface area contributed by atoms with Gasteiger partial charge in [0.25, 0.3) is 0 Å². The Morgan fingerprint density at radius 1 is 1.10 bits per heavy atom. The van der Waals surface area contributed by atoms with Crippen molar-refractivity contribution in [2.75, 3.05) is 33.4 Å². The van der Waals surface area contributed by atoms with Crippen molar-refractivity contribution in [2.45, 2.75) is 40.2 Å². The largest absolute Gasteiger partial charge is 0.490 e. The quantitative estimate of drug-likeness (QED) is 0.208. The highest BCUT2D eigenvalue weighted by molar-refractivity contribution is 14.0. The van der Waals surface area contributed by atoms with E-state index in [9.17, 15) is 0 Å². The summed E-state index contributed by atoms with van der Waals surface area (Å²) in [6.07, 6.45) is 5.80. The van der Waals surface area contributed by atoms with Gasteiger partial charge in [0.2, 0.25) is 0 Å². The minimum atomic E-state index is 0. The van der Waals surface area contributed by atoms with E-state index in [0.29, 0.717) is 13.2 Å². The van der Waals surface area contributed by atoms with Crippen LogP contribution in [-0.2, 0) is 13.0 Å². The molecule has 1 aromatic heterocycles. The van der Waals surface area contributed by atoms with Crippen LogP contribution in [0.2, 0.25) is 0 Å². The van der Waals surface area contributed by atoms with Gasteiger partial charge in [-0.05, 0) is 56.9 Å². The van der Waals surface area contributed by atoms with E-state index in [2.05, 4.69) is 46.0 Å². The third kappa shape index (κ3) is 8.93. The van der Waals surface area contributed by atoms with E-state index in [-0.39, 0.29) is 24.0 Å². The monoisotopic (exact) mass is 515 g/mol. The Labute approximate surface area is 191 Å². The summed E-state index contributed by atoms with van der Waals surface area (Å²) in [6.45, 7) is 9.78. The van der Waals surface area contributed by atoms with E-state index in [4.69, 9.17) is 9.47 Å². The molecule has 8 heteroatoms. The Bertz CT molecular complexity index is 748. The number of aromatic nitrogens is 2. The van der Waals surface area contributed by atoms with Crippen LogP contribution in [0.3, 0.4) is 0 Å². The van der Waals surface area contributed by atoms with E-state index in [1.807, 2.05) is 30.8 Å². The van der Waals surface area contributed by atoms with Crippen LogP contribution >= 0.6 is 24.0 Å². The van der Waals surface area contributed by atoms with Crippen LogP contribution in [0.4, 0.5) is 0 Å². The number of aryl methyl sites for hydroxylation is 2. The van der Waals surface area contributed by atoms with E-state index >= 15 is 0 Å². The number of halogens is 1. The SMILES string of the molecule is CCOc1ccc(CCNC(=NC)NCCCn2cc(C)cn2)cc1OCC.I. The van der Waals surface area contributed by atoms with Crippen molar-refractivity contribution >= 4 is 29.9 Å². The van der Waals surface area contributed by atoms with Crippen LogP contribution in [0.15, 0.2) is 35.6 Å². The first kappa shape index (κ1) is 25.1. The molecule has 29 heavy (non-hydrogen) atoms. The van der Waals surface area contributed by atoms with Gasteiger partial charge in [0, 0.05) is 32.9 Å². The highest BCUT2D eigenvalue weighted by Crippen LogP contribution is 2.28. The van der Waals surface area contributed by atoms with E-state index in [1.165, 1.54) is 11.1 Å². The Kier molecular flexibility index (Phi) is 12.2. The molecule has 0 aliphatic rings. The molecule has 1 aromatic carbocycles. The topological polar surface area (TPSA) is 72.7 Å². The normalized spacial score (nSPS) is 11.0. The van der Waals surface area contributed by atoms with Gasteiger partial charge in [0.05, 0.1) is 19.4 Å². The van der Waals surface area contributed by atoms with Crippen molar-refractivity contribution in [3.63, 3.8) is 0 Å². The second-order valence-electron chi connectivity index (χ2n) is 6.46. The second kappa shape index (κ2) is 14.1. The number of nitrogens with one attached hydrogen (secondary N) is 2. The molecule has 0 bridgehead atoms. The van der Waals surface area contributed by atoms with Gasteiger partial charge < -0.3 is 20.1 Å². The lowest BCUT2D eigenvalue weighted by Gasteiger charge is -2.14.